The molecular formula is C16H20BrN3. The smallest absolute Gasteiger partial charge is 0.137 e. The Morgan fingerprint density at radius 1 is 1.15 bits per heavy atom. The van der Waals surface area contributed by atoms with Gasteiger partial charge in [-0.1, -0.05) is 50.6 Å². The average Bonchev–Trinajstić information content (AvgIpc) is 2.35. The highest BCUT2D eigenvalue weighted by atomic mass is 79.9. The molecule has 1 heterocycles. The highest BCUT2D eigenvalue weighted by Gasteiger charge is 2.18. The van der Waals surface area contributed by atoms with E-state index in [0.29, 0.717) is 0 Å². The number of benzene rings is 1. The van der Waals surface area contributed by atoms with Crippen LogP contribution in [-0.2, 0) is 12.0 Å². The van der Waals surface area contributed by atoms with Gasteiger partial charge in [-0.25, -0.2) is 9.97 Å². The number of hydrogen-bond donors (Lipinski definition) is 1. The maximum Gasteiger partial charge on any atom is 0.137 e. The van der Waals surface area contributed by atoms with Crippen molar-refractivity contribution in [3.8, 4) is 0 Å². The van der Waals surface area contributed by atoms with Crippen molar-refractivity contribution in [2.45, 2.75) is 39.7 Å². The summed E-state index contributed by atoms with van der Waals surface area (Å²) in [5, 5.41) is 3.36. The first-order chi connectivity index (χ1) is 9.34. The number of aryl methyl sites for hydroxylation is 1. The number of nitrogens with one attached hydrogen (secondary N) is 1. The van der Waals surface area contributed by atoms with Gasteiger partial charge in [-0.3, -0.25) is 0 Å². The van der Waals surface area contributed by atoms with Gasteiger partial charge in [0.25, 0.3) is 0 Å². The van der Waals surface area contributed by atoms with Crippen LogP contribution in [-0.4, -0.2) is 9.97 Å². The molecule has 20 heavy (non-hydrogen) atoms. The minimum absolute atomic E-state index is 0.0659. The van der Waals surface area contributed by atoms with E-state index in [1.54, 1.807) is 0 Å². The van der Waals surface area contributed by atoms with Crippen molar-refractivity contribution in [3.63, 3.8) is 0 Å². The van der Waals surface area contributed by atoms with E-state index >= 15 is 0 Å². The zero-order valence-corrected chi connectivity index (χ0v) is 14.0. The third-order valence-electron chi connectivity index (χ3n) is 2.92. The molecule has 0 atom stereocenters. The summed E-state index contributed by atoms with van der Waals surface area (Å²) in [5.41, 5.74) is 2.45. The summed E-state index contributed by atoms with van der Waals surface area (Å²) < 4.78 is 0.809. The Bertz CT molecular complexity index is 603. The fourth-order valence-electron chi connectivity index (χ4n) is 1.86. The fourth-order valence-corrected chi connectivity index (χ4v) is 2.24. The lowest BCUT2D eigenvalue weighted by atomic mass is 9.96. The Morgan fingerprint density at radius 2 is 1.90 bits per heavy atom. The molecule has 0 saturated carbocycles. The molecule has 1 N–H and O–H groups in total. The molecule has 0 aliphatic carbocycles. The standard InChI is InChI=1S/C16H20BrN3/c1-11-6-5-7-12(8-11)10-18-14-9-13(17)19-15(20-14)16(2,3)4/h5-9H,10H2,1-4H3,(H,18,19,20). The van der Waals surface area contributed by atoms with Gasteiger partial charge < -0.3 is 5.32 Å². The lowest BCUT2D eigenvalue weighted by Gasteiger charge is -2.18. The summed E-state index contributed by atoms with van der Waals surface area (Å²) in [4.78, 5) is 9.03. The summed E-state index contributed by atoms with van der Waals surface area (Å²) in [6, 6.07) is 10.4. The van der Waals surface area contributed by atoms with Crippen LogP contribution in [0.15, 0.2) is 34.9 Å². The van der Waals surface area contributed by atoms with Crippen molar-refractivity contribution in [1.29, 1.82) is 0 Å². The highest BCUT2D eigenvalue weighted by molar-refractivity contribution is 9.10. The van der Waals surface area contributed by atoms with Gasteiger partial charge in [0.05, 0.1) is 0 Å². The molecule has 0 aliphatic heterocycles. The molecule has 2 aromatic rings. The van der Waals surface area contributed by atoms with Gasteiger partial charge in [-0.2, -0.15) is 0 Å². The van der Waals surface area contributed by atoms with E-state index in [1.807, 2.05) is 6.07 Å². The van der Waals surface area contributed by atoms with E-state index in [0.717, 1.165) is 22.8 Å². The van der Waals surface area contributed by atoms with Crippen molar-refractivity contribution in [2.24, 2.45) is 0 Å². The largest absolute Gasteiger partial charge is 0.366 e. The molecule has 3 nitrogen and oxygen atoms in total. The van der Waals surface area contributed by atoms with Crippen molar-refractivity contribution >= 4 is 21.7 Å². The predicted molar refractivity (Wildman–Crippen MR) is 86.9 cm³/mol. The topological polar surface area (TPSA) is 37.8 Å². The van der Waals surface area contributed by atoms with E-state index in [-0.39, 0.29) is 5.41 Å². The Labute approximate surface area is 129 Å². The molecule has 0 aliphatic rings. The molecule has 0 amide bonds. The van der Waals surface area contributed by atoms with Crippen molar-refractivity contribution in [3.05, 3.63) is 51.9 Å². The lowest BCUT2D eigenvalue weighted by Crippen LogP contribution is -2.17. The van der Waals surface area contributed by atoms with Crippen LogP contribution < -0.4 is 5.32 Å². The first-order valence-electron chi connectivity index (χ1n) is 6.69. The number of rotatable bonds is 3. The third-order valence-corrected chi connectivity index (χ3v) is 3.33. The molecule has 0 fully saturated rings. The molecule has 106 valence electrons. The fraction of sp³-hybridized carbons (Fsp3) is 0.375. The van der Waals surface area contributed by atoms with Gasteiger partial charge in [0.2, 0.25) is 0 Å². The highest BCUT2D eigenvalue weighted by Crippen LogP contribution is 2.22. The molecule has 1 aromatic heterocycles. The molecule has 0 unspecified atom stereocenters. The van der Waals surface area contributed by atoms with E-state index in [4.69, 9.17) is 0 Å². The van der Waals surface area contributed by atoms with Crippen molar-refractivity contribution in [2.75, 3.05) is 5.32 Å². The van der Waals surface area contributed by atoms with Gasteiger partial charge in [-0.05, 0) is 28.4 Å². The first kappa shape index (κ1) is 15.0. The number of nitrogens with zero attached hydrogens (tertiary/aromatic N) is 2. The number of anilines is 1. The van der Waals surface area contributed by atoms with Crippen LogP contribution in [0.3, 0.4) is 0 Å². The summed E-state index contributed by atoms with van der Waals surface area (Å²) in [5.74, 6) is 1.68. The Balaban J connectivity index is 2.16. The molecule has 0 saturated heterocycles. The van der Waals surface area contributed by atoms with Crippen molar-refractivity contribution in [1.82, 2.24) is 9.97 Å². The first-order valence-corrected chi connectivity index (χ1v) is 7.48. The summed E-state index contributed by atoms with van der Waals surface area (Å²) in [6.45, 7) is 9.19. The van der Waals surface area contributed by atoms with Crippen LogP contribution in [0.4, 0.5) is 5.82 Å². The van der Waals surface area contributed by atoms with Crippen LogP contribution in [0, 0.1) is 6.92 Å². The molecule has 0 spiro atoms. The summed E-state index contributed by atoms with van der Waals surface area (Å²) in [7, 11) is 0. The SMILES string of the molecule is Cc1cccc(CNc2cc(Br)nc(C(C)(C)C)n2)c1. The minimum Gasteiger partial charge on any atom is -0.366 e. The second kappa shape index (κ2) is 5.92. The van der Waals surface area contributed by atoms with Crippen LogP contribution in [0.5, 0.6) is 0 Å². The molecule has 4 heteroatoms. The Morgan fingerprint density at radius 3 is 2.55 bits per heavy atom. The molecule has 0 radical (unpaired) electrons. The van der Waals surface area contributed by atoms with Gasteiger partial charge in [0.15, 0.2) is 0 Å². The summed E-state index contributed by atoms with van der Waals surface area (Å²) in [6.07, 6.45) is 0. The molecule has 1 aromatic carbocycles. The Kier molecular flexibility index (Phi) is 4.43. The van der Waals surface area contributed by atoms with E-state index in [2.05, 4.69) is 83.2 Å². The number of aromatic nitrogens is 2. The van der Waals surface area contributed by atoms with Gasteiger partial charge in [-0.15, -0.1) is 0 Å². The second-order valence-electron chi connectivity index (χ2n) is 5.99. The predicted octanol–water partition coefficient (Wildman–Crippen LogP) is 4.46. The molecular weight excluding hydrogens is 314 g/mol. The lowest BCUT2D eigenvalue weighted by molar-refractivity contribution is 0.544. The van der Waals surface area contributed by atoms with Crippen LogP contribution in [0.1, 0.15) is 37.7 Å². The van der Waals surface area contributed by atoms with Gasteiger partial charge >= 0.3 is 0 Å². The normalized spacial score (nSPS) is 11.4. The van der Waals surface area contributed by atoms with E-state index < -0.39 is 0 Å². The molecule has 2 rings (SSSR count). The minimum atomic E-state index is -0.0659. The van der Waals surface area contributed by atoms with Gasteiger partial charge in [0.1, 0.15) is 16.2 Å². The summed E-state index contributed by atoms with van der Waals surface area (Å²) >= 11 is 3.45. The zero-order valence-electron chi connectivity index (χ0n) is 12.4. The maximum atomic E-state index is 4.59. The van der Waals surface area contributed by atoms with Crippen LogP contribution >= 0.6 is 15.9 Å². The van der Waals surface area contributed by atoms with Crippen LogP contribution in [0.2, 0.25) is 0 Å². The number of hydrogen-bond acceptors (Lipinski definition) is 3. The van der Waals surface area contributed by atoms with Crippen LogP contribution in [0.25, 0.3) is 0 Å². The zero-order chi connectivity index (χ0) is 14.8. The van der Waals surface area contributed by atoms with Crippen molar-refractivity contribution < 1.29 is 0 Å². The third kappa shape index (κ3) is 4.04. The Hall–Kier alpha value is -1.42. The monoisotopic (exact) mass is 333 g/mol. The van der Waals surface area contributed by atoms with Gasteiger partial charge in [0, 0.05) is 18.0 Å². The average molecular weight is 334 g/mol. The van der Waals surface area contributed by atoms with E-state index in [9.17, 15) is 0 Å². The quantitative estimate of drug-likeness (QED) is 0.843. The number of halogens is 1. The second-order valence-corrected chi connectivity index (χ2v) is 6.80. The van der Waals surface area contributed by atoms with E-state index in [1.165, 1.54) is 11.1 Å². The molecule has 0 bridgehead atoms. The maximum absolute atomic E-state index is 4.59.